The summed E-state index contributed by atoms with van der Waals surface area (Å²) < 4.78 is 15.1. The average molecular weight is 653 g/mol. The van der Waals surface area contributed by atoms with Crippen LogP contribution in [0.1, 0.15) is 124 Å². The van der Waals surface area contributed by atoms with Gasteiger partial charge in [0.25, 0.3) is 0 Å². The zero-order valence-corrected chi connectivity index (χ0v) is 28.2. The largest absolute Gasteiger partial charge is 0.497 e. The Labute approximate surface area is 278 Å². The fourth-order valence-corrected chi connectivity index (χ4v) is 6.20. The molecule has 47 heavy (non-hydrogen) atoms. The van der Waals surface area contributed by atoms with Gasteiger partial charge in [-0.2, -0.15) is 0 Å². The van der Waals surface area contributed by atoms with E-state index in [2.05, 4.69) is 27.5 Å². The van der Waals surface area contributed by atoms with Crippen LogP contribution in [0.2, 0.25) is 0 Å². The molecule has 10 heteroatoms. The molecule has 0 saturated heterocycles. The highest BCUT2D eigenvalue weighted by atomic mass is 16.5. The quantitative estimate of drug-likeness (QED) is 0.122. The Bertz CT molecular complexity index is 1330. The van der Waals surface area contributed by atoms with Crippen molar-refractivity contribution in [1.82, 2.24) is 10.6 Å². The molecule has 2 aliphatic carbocycles. The standard InChI is InChI=1S/C19H27NO4.C18H25NO4/c1-23-15-10-11-16-14(13-15)9-12-17(16)20-18(21)7-5-3-4-6-8-19(22)24-2;1-23-14-9-10-15-13(12-14)8-11-16(15)19-17(20)6-4-2-3-5-7-18(21)22/h10-11,13,17H,3-9,12H2,1-2H3,(H,20,21);9-10,12,16H,2-8,11H2,1H3,(H,19,20)(H,21,22). The van der Waals surface area contributed by atoms with Crippen LogP contribution in [0.5, 0.6) is 11.5 Å². The molecule has 2 aliphatic rings. The monoisotopic (exact) mass is 652 g/mol. The van der Waals surface area contributed by atoms with E-state index in [1.807, 2.05) is 24.3 Å². The molecule has 3 N–H and O–H groups in total. The fraction of sp³-hybridized carbons (Fsp3) is 0.568. The van der Waals surface area contributed by atoms with E-state index in [-0.39, 0.29) is 36.3 Å². The number of benzene rings is 2. The number of carbonyl (C=O) groups excluding carboxylic acids is 3. The first kappa shape index (κ1) is 37.4. The van der Waals surface area contributed by atoms with Crippen LogP contribution in [0.4, 0.5) is 0 Å². The number of hydrogen-bond acceptors (Lipinski definition) is 7. The number of carbonyl (C=O) groups is 4. The third-order valence-electron chi connectivity index (χ3n) is 8.83. The van der Waals surface area contributed by atoms with Gasteiger partial charge < -0.3 is 30.0 Å². The second kappa shape index (κ2) is 20.2. The predicted molar refractivity (Wildman–Crippen MR) is 179 cm³/mol. The number of esters is 1. The molecule has 0 heterocycles. The SMILES string of the molecule is COC(=O)CCCCCCC(=O)NC1CCc2cc(OC)ccc21.COc1ccc2c(c1)CCC2NC(=O)CCCCCCC(=O)O. The molecule has 2 unspecified atom stereocenters. The van der Waals surface area contributed by atoms with Gasteiger partial charge in [-0.05, 0) is 97.9 Å². The maximum atomic E-state index is 12.1. The summed E-state index contributed by atoms with van der Waals surface area (Å²) in [5, 5.41) is 14.8. The van der Waals surface area contributed by atoms with Gasteiger partial charge in [-0.15, -0.1) is 0 Å². The highest BCUT2D eigenvalue weighted by Crippen LogP contribution is 2.34. The van der Waals surface area contributed by atoms with E-state index in [4.69, 9.17) is 14.6 Å². The molecule has 4 rings (SSSR count). The fourth-order valence-electron chi connectivity index (χ4n) is 6.20. The number of fused-ring (bicyclic) bond motifs is 2. The molecule has 10 nitrogen and oxygen atoms in total. The first-order valence-electron chi connectivity index (χ1n) is 16.9. The first-order chi connectivity index (χ1) is 22.7. The third kappa shape index (κ3) is 12.9. The van der Waals surface area contributed by atoms with Gasteiger partial charge in [0.15, 0.2) is 0 Å². The smallest absolute Gasteiger partial charge is 0.305 e. The van der Waals surface area contributed by atoms with Crippen LogP contribution in [-0.4, -0.2) is 50.2 Å². The average Bonchev–Trinajstić information content (AvgIpc) is 3.66. The van der Waals surface area contributed by atoms with Gasteiger partial charge in [-0.1, -0.05) is 37.8 Å². The van der Waals surface area contributed by atoms with Crippen molar-refractivity contribution >= 4 is 23.8 Å². The summed E-state index contributed by atoms with van der Waals surface area (Å²) in [4.78, 5) is 45.5. The summed E-state index contributed by atoms with van der Waals surface area (Å²) in [5.74, 6) is 1.00. The number of unbranched alkanes of at least 4 members (excludes halogenated alkanes) is 6. The summed E-state index contributed by atoms with van der Waals surface area (Å²) >= 11 is 0. The summed E-state index contributed by atoms with van der Waals surface area (Å²) in [6, 6.07) is 12.3. The molecular formula is C37H52N2O8. The van der Waals surface area contributed by atoms with Crippen LogP contribution in [0.25, 0.3) is 0 Å². The first-order valence-corrected chi connectivity index (χ1v) is 16.9. The van der Waals surface area contributed by atoms with Crippen LogP contribution in [0, 0.1) is 0 Å². The van der Waals surface area contributed by atoms with Crippen molar-refractivity contribution < 1.29 is 38.5 Å². The molecule has 0 spiro atoms. The van der Waals surface area contributed by atoms with Crippen molar-refractivity contribution in [3.63, 3.8) is 0 Å². The van der Waals surface area contributed by atoms with Gasteiger partial charge in [0.1, 0.15) is 11.5 Å². The van der Waals surface area contributed by atoms with Crippen LogP contribution < -0.4 is 20.1 Å². The topological polar surface area (TPSA) is 140 Å². The zero-order chi connectivity index (χ0) is 34.0. The zero-order valence-electron chi connectivity index (χ0n) is 28.2. The van der Waals surface area contributed by atoms with E-state index in [0.717, 1.165) is 82.1 Å². The highest BCUT2D eigenvalue weighted by Gasteiger charge is 2.25. The molecule has 2 aromatic rings. The van der Waals surface area contributed by atoms with E-state index < -0.39 is 5.97 Å². The Morgan fingerprint density at radius 2 is 1.06 bits per heavy atom. The number of carboxylic acids is 1. The van der Waals surface area contributed by atoms with E-state index in [9.17, 15) is 19.2 Å². The summed E-state index contributed by atoms with van der Waals surface area (Å²) in [6.07, 6.45) is 12.4. The molecule has 0 aliphatic heterocycles. The number of amides is 2. The molecule has 2 atom stereocenters. The Kier molecular flexibility index (Phi) is 16.1. The second-order valence-electron chi connectivity index (χ2n) is 12.2. The van der Waals surface area contributed by atoms with Gasteiger partial charge in [0, 0.05) is 25.7 Å². The molecule has 0 radical (unpaired) electrons. The lowest BCUT2D eigenvalue weighted by molar-refractivity contribution is -0.141. The Hall–Kier alpha value is -4.08. The van der Waals surface area contributed by atoms with Crippen molar-refractivity contribution in [3.05, 3.63) is 58.7 Å². The lowest BCUT2D eigenvalue weighted by Gasteiger charge is -2.14. The molecular weight excluding hydrogens is 600 g/mol. The van der Waals surface area contributed by atoms with Gasteiger partial charge in [0.2, 0.25) is 11.8 Å². The van der Waals surface area contributed by atoms with Crippen LogP contribution in [0.3, 0.4) is 0 Å². The van der Waals surface area contributed by atoms with Crippen molar-refractivity contribution in [2.75, 3.05) is 21.3 Å². The minimum atomic E-state index is -0.751. The number of methoxy groups -OCH3 is 3. The molecule has 2 amide bonds. The Balaban J connectivity index is 0.000000256. The van der Waals surface area contributed by atoms with Crippen molar-refractivity contribution in [2.24, 2.45) is 0 Å². The van der Waals surface area contributed by atoms with Gasteiger partial charge in [0.05, 0.1) is 33.4 Å². The molecule has 0 aromatic heterocycles. The van der Waals surface area contributed by atoms with Crippen LogP contribution >= 0.6 is 0 Å². The lowest BCUT2D eigenvalue weighted by atomic mass is 10.1. The van der Waals surface area contributed by atoms with E-state index in [1.165, 1.54) is 29.4 Å². The number of hydrogen-bond donors (Lipinski definition) is 3. The number of carboxylic acid groups (broad SMARTS) is 1. The van der Waals surface area contributed by atoms with E-state index in [1.54, 1.807) is 14.2 Å². The molecule has 258 valence electrons. The molecule has 0 saturated carbocycles. The predicted octanol–water partition coefficient (Wildman–Crippen LogP) is 6.54. The van der Waals surface area contributed by atoms with Gasteiger partial charge in [-0.25, -0.2) is 0 Å². The van der Waals surface area contributed by atoms with Gasteiger partial charge in [-0.3, -0.25) is 19.2 Å². The van der Waals surface area contributed by atoms with Crippen molar-refractivity contribution in [2.45, 2.75) is 115 Å². The van der Waals surface area contributed by atoms with Crippen LogP contribution in [0.15, 0.2) is 36.4 Å². The maximum Gasteiger partial charge on any atom is 0.305 e. The number of ether oxygens (including phenoxy) is 3. The summed E-state index contributed by atoms with van der Waals surface area (Å²) in [6.45, 7) is 0. The van der Waals surface area contributed by atoms with Crippen molar-refractivity contribution in [1.29, 1.82) is 0 Å². The Morgan fingerprint density at radius 3 is 1.47 bits per heavy atom. The third-order valence-corrected chi connectivity index (χ3v) is 8.83. The van der Waals surface area contributed by atoms with E-state index in [0.29, 0.717) is 25.7 Å². The highest BCUT2D eigenvalue weighted by molar-refractivity contribution is 5.77. The lowest BCUT2D eigenvalue weighted by Crippen LogP contribution is -2.26. The normalized spacial score (nSPS) is 15.8. The number of rotatable bonds is 18. The van der Waals surface area contributed by atoms with Crippen molar-refractivity contribution in [3.8, 4) is 11.5 Å². The molecule has 0 bridgehead atoms. The minimum Gasteiger partial charge on any atom is -0.497 e. The Morgan fingerprint density at radius 1 is 0.638 bits per heavy atom. The van der Waals surface area contributed by atoms with Gasteiger partial charge >= 0.3 is 11.9 Å². The number of aliphatic carboxylic acids is 1. The summed E-state index contributed by atoms with van der Waals surface area (Å²) in [7, 11) is 4.73. The number of aryl methyl sites for hydroxylation is 2. The summed E-state index contributed by atoms with van der Waals surface area (Å²) in [5.41, 5.74) is 4.92. The second-order valence-corrected chi connectivity index (χ2v) is 12.2. The van der Waals surface area contributed by atoms with E-state index >= 15 is 0 Å². The molecule has 2 aromatic carbocycles. The minimum absolute atomic E-state index is 0.0805. The number of nitrogens with one attached hydrogen (secondary N) is 2. The molecule has 0 fully saturated rings. The van der Waals surface area contributed by atoms with Crippen LogP contribution in [-0.2, 0) is 36.8 Å². The maximum absolute atomic E-state index is 12.1.